The van der Waals surface area contributed by atoms with Crippen molar-refractivity contribution in [1.82, 2.24) is 0 Å². The Morgan fingerprint density at radius 3 is 2.42 bits per heavy atom. The molecule has 0 radical (unpaired) electrons. The Morgan fingerprint density at radius 2 is 2.08 bits per heavy atom. The van der Waals surface area contributed by atoms with E-state index in [0.717, 1.165) is 0 Å². The van der Waals surface area contributed by atoms with Gasteiger partial charge in [0.15, 0.2) is 0 Å². The molecular formula is C7H12F2O3. The van der Waals surface area contributed by atoms with Gasteiger partial charge in [0.25, 0.3) is 6.43 Å². The van der Waals surface area contributed by atoms with Crippen LogP contribution < -0.4 is 0 Å². The smallest absolute Gasteiger partial charge is 0.311 e. The van der Waals surface area contributed by atoms with E-state index in [1.165, 1.54) is 13.8 Å². The highest BCUT2D eigenvalue weighted by Crippen LogP contribution is 2.15. The Labute approximate surface area is 69.3 Å². The molecule has 3 nitrogen and oxygen atoms in total. The molecule has 0 rings (SSSR count). The van der Waals surface area contributed by atoms with Gasteiger partial charge in [-0.3, -0.25) is 4.79 Å². The third-order valence-electron chi connectivity index (χ3n) is 1.29. The molecule has 0 bridgehead atoms. The third kappa shape index (κ3) is 4.23. The zero-order valence-corrected chi connectivity index (χ0v) is 7.01. The summed E-state index contributed by atoms with van der Waals surface area (Å²) >= 11 is 0. The second kappa shape index (κ2) is 4.35. The van der Waals surface area contributed by atoms with Crippen molar-refractivity contribution in [2.45, 2.75) is 20.3 Å². The summed E-state index contributed by atoms with van der Waals surface area (Å²) in [7, 11) is 0. The lowest BCUT2D eigenvalue weighted by atomic mass is 9.95. The fraction of sp³-hybridized carbons (Fsp3) is 0.857. The van der Waals surface area contributed by atoms with Gasteiger partial charge in [-0.25, -0.2) is 8.78 Å². The molecule has 0 aliphatic heterocycles. The number of carboxylic acids is 1. The molecule has 5 heteroatoms. The van der Waals surface area contributed by atoms with E-state index in [1.54, 1.807) is 0 Å². The van der Waals surface area contributed by atoms with E-state index >= 15 is 0 Å². The second-order valence-electron chi connectivity index (χ2n) is 3.10. The van der Waals surface area contributed by atoms with Crippen molar-refractivity contribution >= 4 is 5.97 Å². The van der Waals surface area contributed by atoms with Crippen LogP contribution in [0.1, 0.15) is 13.8 Å². The summed E-state index contributed by atoms with van der Waals surface area (Å²) in [5.41, 5.74) is -1.10. The SMILES string of the molecule is CC(C)(COCC(F)F)C(=O)O. The van der Waals surface area contributed by atoms with E-state index in [9.17, 15) is 13.6 Å². The molecule has 0 amide bonds. The van der Waals surface area contributed by atoms with Gasteiger partial charge in [-0.2, -0.15) is 0 Å². The Bertz CT molecular complexity index is 157. The molecule has 12 heavy (non-hydrogen) atoms. The minimum absolute atomic E-state index is 0.202. The molecule has 0 aromatic carbocycles. The molecule has 0 aromatic heterocycles. The summed E-state index contributed by atoms with van der Waals surface area (Å²) in [6.07, 6.45) is -2.55. The van der Waals surface area contributed by atoms with Gasteiger partial charge in [-0.15, -0.1) is 0 Å². The lowest BCUT2D eigenvalue weighted by Gasteiger charge is -2.18. The van der Waals surface area contributed by atoms with Gasteiger partial charge in [-0.05, 0) is 13.8 Å². The Balaban J connectivity index is 3.69. The second-order valence-corrected chi connectivity index (χ2v) is 3.10. The maximum absolute atomic E-state index is 11.5. The van der Waals surface area contributed by atoms with Crippen LogP contribution in [0.25, 0.3) is 0 Å². The number of halogens is 2. The quantitative estimate of drug-likeness (QED) is 0.698. The summed E-state index contributed by atoms with van der Waals surface area (Å²) in [5, 5.41) is 8.54. The predicted octanol–water partition coefficient (Wildman–Crippen LogP) is 1.38. The first-order valence-corrected chi connectivity index (χ1v) is 3.45. The predicted molar refractivity (Wildman–Crippen MR) is 38.2 cm³/mol. The largest absolute Gasteiger partial charge is 0.481 e. The molecule has 0 aliphatic rings. The van der Waals surface area contributed by atoms with Crippen molar-refractivity contribution in [2.24, 2.45) is 5.41 Å². The molecular weight excluding hydrogens is 170 g/mol. The Morgan fingerprint density at radius 1 is 1.58 bits per heavy atom. The van der Waals surface area contributed by atoms with Gasteiger partial charge >= 0.3 is 5.97 Å². The topological polar surface area (TPSA) is 46.5 Å². The van der Waals surface area contributed by atoms with Crippen LogP contribution in [-0.4, -0.2) is 30.7 Å². The molecule has 0 atom stereocenters. The van der Waals surface area contributed by atoms with Crippen LogP contribution in [-0.2, 0) is 9.53 Å². The minimum atomic E-state index is -2.55. The van der Waals surface area contributed by atoms with Crippen LogP contribution in [0.2, 0.25) is 0 Å². The van der Waals surface area contributed by atoms with Crippen LogP contribution in [0.4, 0.5) is 8.78 Å². The van der Waals surface area contributed by atoms with Gasteiger partial charge in [0.2, 0.25) is 0 Å². The molecule has 0 aliphatic carbocycles. The average Bonchev–Trinajstić information content (AvgIpc) is 1.85. The molecule has 0 spiro atoms. The van der Waals surface area contributed by atoms with Crippen molar-refractivity contribution in [3.05, 3.63) is 0 Å². The first-order valence-electron chi connectivity index (χ1n) is 3.45. The van der Waals surface area contributed by atoms with E-state index < -0.39 is 24.4 Å². The Hall–Kier alpha value is -0.710. The number of ether oxygens (including phenoxy) is 1. The lowest BCUT2D eigenvalue weighted by molar-refractivity contribution is -0.151. The van der Waals surface area contributed by atoms with Gasteiger partial charge < -0.3 is 9.84 Å². The molecule has 0 saturated carbocycles. The van der Waals surface area contributed by atoms with Gasteiger partial charge in [0.1, 0.15) is 6.61 Å². The van der Waals surface area contributed by atoms with Crippen molar-refractivity contribution < 1.29 is 23.4 Å². The maximum atomic E-state index is 11.5. The third-order valence-corrected chi connectivity index (χ3v) is 1.29. The molecule has 72 valence electrons. The standard InChI is InChI=1S/C7H12F2O3/c1-7(2,6(10)11)4-12-3-5(8)9/h5H,3-4H2,1-2H3,(H,10,11). The number of alkyl halides is 2. The summed E-state index contributed by atoms with van der Waals surface area (Å²) in [5.74, 6) is -1.06. The number of rotatable bonds is 5. The molecule has 0 heterocycles. The highest BCUT2D eigenvalue weighted by Gasteiger charge is 2.27. The summed E-state index contributed by atoms with van der Waals surface area (Å²) in [6, 6.07) is 0. The van der Waals surface area contributed by atoms with Gasteiger partial charge in [0.05, 0.1) is 12.0 Å². The first-order chi connectivity index (χ1) is 5.36. The van der Waals surface area contributed by atoms with Crippen molar-refractivity contribution in [1.29, 1.82) is 0 Å². The lowest BCUT2D eigenvalue weighted by Crippen LogP contribution is -2.30. The van der Waals surface area contributed by atoms with Crippen molar-refractivity contribution in [3.63, 3.8) is 0 Å². The van der Waals surface area contributed by atoms with Crippen LogP contribution in [0.3, 0.4) is 0 Å². The maximum Gasteiger partial charge on any atom is 0.311 e. The van der Waals surface area contributed by atoms with E-state index in [4.69, 9.17) is 5.11 Å². The Kier molecular flexibility index (Phi) is 4.09. The number of hydrogen-bond acceptors (Lipinski definition) is 2. The van der Waals surface area contributed by atoms with Gasteiger partial charge in [-0.1, -0.05) is 0 Å². The number of carboxylic acid groups (broad SMARTS) is 1. The van der Waals surface area contributed by atoms with Crippen molar-refractivity contribution in [2.75, 3.05) is 13.2 Å². The van der Waals surface area contributed by atoms with E-state index in [0.29, 0.717) is 0 Å². The minimum Gasteiger partial charge on any atom is -0.481 e. The fourth-order valence-corrected chi connectivity index (χ4v) is 0.465. The summed E-state index contributed by atoms with van der Waals surface area (Å²) in [6.45, 7) is 1.92. The molecule has 0 aromatic rings. The van der Waals surface area contributed by atoms with Crippen LogP contribution >= 0.6 is 0 Å². The fourth-order valence-electron chi connectivity index (χ4n) is 0.465. The number of hydrogen-bond donors (Lipinski definition) is 1. The average molecular weight is 182 g/mol. The zero-order valence-electron chi connectivity index (χ0n) is 7.01. The van der Waals surface area contributed by atoms with Crippen LogP contribution in [0, 0.1) is 5.41 Å². The highest BCUT2D eigenvalue weighted by molar-refractivity contribution is 5.73. The van der Waals surface area contributed by atoms with E-state index in [2.05, 4.69) is 4.74 Å². The number of carbonyl (C=O) groups is 1. The normalized spacial score (nSPS) is 12.1. The van der Waals surface area contributed by atoms with Gasteiger partial charge in [0, 0.05) is 0 Å². The van der Waals surface area contributed by atoms with Crippen LogP contribution in [0.15, 0.2) is 0 Å². The molecule has 1 N–H and O–H groups in total. The van der Waals surface area contributed by atoms with Crippen LogP contribution in [0.5, 0.6) is 0 Å². The zero-order chi connectivity index (χ0) is 9.78. The monoisotopic (exact) mass is 182 g/mol. The first kappa shape index (κ1) is 11.3. The molecule has 0 fully saturated rings. The molecule has 0 unspecified atom stereocenters. The molecule has 0 saturated heterocycles. The van der Waals surface area contributed by atoms with E-state index in [1.807, 2.05) is 0 Å². The summed E-state index contributed by atoms with van der Waals surface area (Å²) in [4.78, 5) is 10.4. The summed E-state index contributed by atoms with van der Waals surface area (Å²) < 4.78 is 27.6. The van der Waals surface area contributed by atoms with E-state index in [-0.39, 0.29) is 6.61 Å². The van der Waals surface area contributed by atoms with Crippen molar-refractivity contribution in [3.8, 4) is 0 Å². The highest BCUT2D eigenvalue weighted by atomic mass is 19.3. The number of aliphatic carboxylic acids is 1.